The predicted octanol–water partition coefficient (Wildman–Crippen LogP) is 4.70. The number of sulfone groups is 1. The van der Waals surface area contributed by atoms with Gasteiger partial charge >= 0.3 is 0 Å². The Morgan fingerprint density at radius 2 is 1.95 bits per heavy atom. The number of anilines is 3. The van der Waals surface area contributed by atoms with Crippen molar-refractivity contribution in [3.63, 3.8) is 0 Å². The lowest BCUT2D eigenvalue weighted by Crippen LogP contribution is -2.45. The molecule has 1 amide bonds. The number of carbonyl (C=O) groups is 1. The number of nitrogens with zero attached hydrogens (tertiary/aromatic N) is 5. The van der Waals surface area contributed by atoms with Crippen LogP contribution in [-0.4, -0.2) is 67.1 Å². The standard InChI is InChI=1S/C30H28BrFN6O5S/c1-17-4-6-37(17)21-13-24-29(34-16-21)38(7-9-42-24)27-3-2-18-14-33-20(12-23(18)36-27)15-35-30(39)19-10-22(31)28-25(11-19)44(40,41)26(32)5-8-43-28/h2-3,10-14,16-17,26H,4-9,15H2,1H3,(H,35,39)/t17-,26-/m1/s1. The van der Waals surface area contributed by atoms with E-state index in [9.17, 15) is 17.6 Å². The molecule has 1 fully saturated rings. The molecule has 0 bridgehead atoms. The third-order valence-electron chi connectivity index (χ3n) is 8.13. The van der Waals surface area contributed by atoms with Gasteiger partial charge < -0.3 is 24.6 Å². The molecule has 228 valence electrons. The maximum atomic E-state index is 14.3. The minimum atomic E-state index is -4.31. The normalized spacial score (nSPS) is 20.4. The predicted molar refractivity (Wildman–Crippen MR) is 165 cm³/mol. The van der Waals surface area contributed by atoms with Crippen LogP contribution in [0.15, 0.2) is 58.2 Å². The first kappa shape index (κ1) is 28.7. The van der Waals surface area contributed by atoms with Crippen molar-refractivity contribution in [1.82, 2.24) is 20.3 Å². The summed E-state index contributed by atoms with van der Waals surface area (Å²) < 4.78 is 51.4. The number of rotatable bonds is 5. The number of alkyl halides is 1. The number of halogens is 2. The molecule has 3 aliphatic rings. The van der Waals surface area contributed by atoms with Crippen molar-refractivity contribution < 1.29 is 27.1 Å². The fourth-order valence-corrected chi connectivity index (χ4v) is 7.64. The van der Waals surface area contributed by atoms with Crippen molar-refractivity contribution >= 4 is 59.9 Å². The third kappa shape index (κ3) is 5.09. The van der Waals surface area contributed by atoms with Gasteiger partial charge in [-0.1, -0.05) is 0 Å². The summed E-state index contributed by atoms with van der Waals surface area (Å²) in [5.74, 6) is 1.60. The molecule has 4 aromatic rings. The molecule has 1 N–H and O–H groups in total. The fraction of sp³-hybridized carbons (Fsp3) is 0.333. The van der Waals surface area contributed by atoms with E-state index in [1.54, 1.807) is 12.3 Å². The number of pyridine rings is 3. The van der Waals surface area contributed by atoms with E-state index in [1.165, 1.54) is 6.07 Å². The van der Waals surface area contributed by atoms with Crippen molar-refractivity contribution in [2.24, 2.45) is 0 Å². The summed E-state index contributed by atoms with van der Waals surface area (Å²) in [6, 6.07) is 10.8. The highest BCUT2D eigenvalue weighted by atomic mass is 79.9. The maximum absolute atomic E-state index is 14.3. The monoisotopic (exact) mass is 682 g/mol. The fourth-order valence-electron chi connectivity index (χ4n) is 5.53. The van der Waals surface area contributed by atoms with Crippen LogP contribution in [0.5, 0.6) is 11.5 Å². The molecule has 44 heavy (non-hydrogen) atoms. The Bertz CT molecular complexity index is 1910. The van der Waals surface area contributed by atoms with E-state index in [-0.39, 0.29) is 40.3 Å². The molecule has 3 aromatic heterocycles. The van der Waals surface area contributed by atoms with Crippen LogP contribution in [0.4, 0.5) is 21.7 Å². The lowest BCUT2D eigenvalue weighted by molar-refractivity contribution is 0.0950. The van der Waals surface area contributed by atoms with Crippen molar-refractivity contribution in [2.75, 3.05) is 36.1 Å². The summed E-state index contributed by atoms with van der Waals surface area (Å²) in [4.78, 5) is 31.1. The van der Waals surface area contributed by atoms with Crippen molar-refractivity contribution in [3.05, 3.63) is 64.5 Å². The van der Waals surface area contributed by atoms with Gasteiger partial charge in [0.1, 0.15) is 17.3 Å². The van der Waals surface area contributed by atoms with Gasteiger partial charge in [-0.05, 0) is 59.6 Å². The Hall–Kier alpha value is -4.04. The molecular formula is C30H28BrFN6O5S. The van der Waals surface area contributed by atoms with Crippen molar-refractivity contribution in [3.8, 4) is 11.5 Å². The van der Waals surface area contributed by atoms with E-state index in [0.29, 0.717) is 42.0 Å². The van der Waals surface area contributed by atoms with Crippen LogP contribution in [0.3, 0.4) is 0 Å². The van der Waals surface area contributed by atoms with Crippen LogP contribution in [0.1, 0.15) is 35.8 Å². The number of ether oxygens (including phenoxy) is 2. The molecule has 0 unspecified atom stereocenters. The molecule has 3 aliphatic heterocycles. The number of nitrogens with one attached hydrogen (secondary N) is 1. The zero-order chi connectivity index (χ0) is 30.6. The van der Waals surface area contributed by atoms with Gasteiger partial charge in [0.2, 0.25) is 15.3 Å². The lowest BCUT2D eigenvalue weighted by Gasteiger charge is -2.41. The number of amides is 1. The maximum Gasteiger partial charge on any atom is 0.251 e. The summed E-state index contributed by atoms with van der Waals surface area (Å²) in [7, 11) is -4.31. The highest BCUT2D eigenvalue weighted by Crippen LogP contribution is 2.40. The first-order valence-electron chi connectivity index (χ1n) is 14.2. The zero-order valence-electron chi connectivity index (χ0n) is 23.7. The van der Waals surface area contributed by atoms with Crippen LogP contribution < -0.4 is 24.6 Å². The van der Waals surface area contributed by atoms with Gasteiger partial charge in [0.15, 0.2) is 17.3 Å². The van der Waals surface area contributed by atoms with Crippen LogP contribution in [0, 0.1) is 0 Å². The molecule has 2 atom stereocenters. The van der Waals surface area contributed by atoms with Crippen LogP contribution in [0.2, 0.25) is 0 Å². The highest BCUT2D eigenvalue weighted by Gasteiger charge is 2.35. The van der Waals surface area contributed by atoms with Gasteiger partial charge in [-0.2, -0.15) is 0 Å². The Morgan fingerprint density at radius 1 is 1.09 bits per heavy atom. The summed E-state index contributed by atoms with van der Waals surface area (Å²) in [6.45, 7) is 4.27. The van der Waals surface area contributed by atoms with Crippen LogP contribution in [0.25, 0.3) is 10.9 Å². The van der Waals surface area contributed by atoms with E-state index in [4.69, 9.17) is 19.4 Å². The van der Waals surface area contributed by atoms with E-state index in [2.05, 4.69) is 38.1 Å². The van der Waals surface area contributed by atoms with E-state index in [1.807, 2.05) is 29.3 Å². The summed E-state index contributed by atoms with van der Waals surface area (Å²) in [5, 5.41) is 3.59. The summed E-state index contributed by atoms with van der Waals surface area (Å²) in [5.41, 5.74) is 0.224. The number of carbonyl (C=O) groups excluding carboxylic acids is 1. The molecule has 7 rings (SSSR count). The number of aromatic nitrogens is 3. The van der Waals surface area contributed by atoms with Gasteiger partial charge in [-0.3, -0.25) is 9.78 Å². The quantitative estimate of drug-likeness (QED) is 0.317. The average Bonchev–Trinajstić information content (AvgIpc) is 3.13. The Balaban J connectivity index is 1.11. The minimum absolute atomic E-state index is 0.00375. The Morgan fingerprint density at radius 3 is 2.75 bits per heavy atom. The second kappa shape index (κ2) is 11.1. The van der Waals surface area contributed by atoms with Gasteiger partial charge in [-0.25, -0.2) is 22.8 Å². The number of hydrogen-bond acceptors (Lipinski definition) is 10. The Kier molecular flexibility index (Phi) is 7.28. The summed E-state index contributed by atoms with van der Waals surface area (Å²) in [6.07, 6.45) is 4.44. The van der Waals surface area contributed by atoms with Crippen molar-refractivity contribution in [1.29, 1.82) is 0 Å². The van der Waals surface area contributed by atoms with Gasteiger partial charge in [0.25, 0.3) is 5.91 Å². The van der Waals surface area contributed by atoms with Crippen LogP contribution >= 0.6 is 15.9 Å². The van der Waals surface area contributed by atoms with E-state index in [0.717, 1.165) is 35.9 Å². The molecule has 0 spiro atoms. The largest absolute Gasteiger partial charge is 0.491 e. The first-order valence-corrected chi connectivity index (χ1v) is 16.6. The third-order valence-corrected chi connectivity index (χ3v) is 10.5. The second-order valence-corrected chi connectivity index (χ2v) is 13.8. The molecule has 14 heteroatoms. The van der Waals surface area contributed by atoms with Gasteiger partial charge in [-0.15, -0.1) is 0 Å². The molecule has 1 aromatic carbocycles. The van der Waals surface area contributed by atoms with Gasteiger partial charge in [0, 0.05) is 42.2 Å². The molecule has 1 saturated heterocycles. The first-order chi connectivity index (χ1) is 21.2. The molecule has 0 aliphatic carbocycles. The van der Waals surface area contributed by atoms with E-state index >= 15 is 0 Å². The van der Waals surface area contributed by atoms with E-state index < -0.39 is 21.2 Å². The molecule has 0 saturated carbocycles. The second-order valence-electron chi connectivity index (χ2n) is 10.9. The minimum Gasteiger partial charge on any atom is -0.491 e. The Labute approximate surface area is 261 Å². The number of benzene rings is 1. The molecule has 11 nitrogen and oxygen atoms in total. The topological polar surface area (TPSA) is 127 Å². The average molecular weight is 684 g/mol. The van der Waals surface area contributed by atoms with Crippen molar-refractivity contribution in [2.45, 2.75) is 42.8 Å². The smallest absolute Gasteiger partial charge is 0.251 e. The van der Waals surface area contributed by atoms with Crippen LogP contribution in [-0.2, 0) is 16.4 Å². The summed E-state index contributed by atoms with van der Waals surface area (Å²) >= 11 is 3.27. The lowest BCUT2D eigenvalue weighted by atomic mass is 10.0. The zero-order valence-corrected chi connectivity index (χ0v) is 26.1. The molecule has 6 heterocycles. The number of fused-ring (bicyclic) bond motifs is 3. The molecule has 0 radical (unpaired) electrons. The SMILES string of the molecule is C[C@@H]1CCN1c1cnc2c(c1)OCCN2c1ccc2cnc(CNC(=O)c3cc(Br)c4c(c3)S(=O)(=O)[C@@H](F)CCO4)cc2n1. The number of hydrogen-bond donors (Lipinski definition) is 1. The highest BCUT2D eigenvalue weighted by molar-refractivity contribution is 9.10. The van der Waals surface area contributed by atoms with Gasteiger partial charge in [0.05, 0.1) is 47.3 Å². The molecular weight excluding hydrogens is 655 g/mol.